The van der Waals surface area contributed by atoms with E-state index in [9.17, 15) is 0 Å². The number of nitrogens with one attached hydrogen (secondary N) is 1. The molecule has 10 heavy (non-hydrogen) atoms. The van der Waals surface area contributed by atoms with Gasteiger partial charge in [-0.2, -0.15) is 5.10 Å². The molecule has 5 nitrogen and oxygen atoms in total. The van der Waals surface area contributed by atoms with Crippen LogP contribution in [0.4, 0.5) is 0 Å². The SMILES string of the molecule is CNn1cnn2nccc12. The summed E-state index contributed by atoms with van der Waals surface area (Å²) in [5.41, 5.74) is 3.86. The minimum Gasteiger partial charge on any atom is -0.326 e. The zero-order valence-electron chi connectivity index (χ0n) is 5.52. The van der Waals surface area contributed by atoms with E-state index in [1.165, 1.54) is 0 Å². The molecular weight excluding hydrogens is 130 g/mol. The molecular formula is C5H7N5. The standard InChI is InChI=1S/C5H7N5/c1-6-9-4-8-10-5(9)2-3-7-10/h2-4,6H,1H3. The Kier molecular flexibility index (Phi) is 0.913. The Labute approximate surface area is 57.2 Å². The van der Waals surface area contributed by atoms with E-state index < -0.39 is 0 Å². The van der Waals surface area contributed by atoms with Crippen LogP contribution in [0.5, 0.6) is 0 Å². The third kappa shape index (κ3) is 0.513. The average molecular weight is 137 g/mol. The molecule has 0 aromatic carbocycles. The fraction of sp³-hybridized carbons (Fsp3) is 0.200. The molecule has 0 aliphatic rings. The summed E-state index contributed by atoms with van der Waals surface area (Å²) in [6.07, 6.45) is 3.37. The van der Waals surface area contributed by atoms with E-state index >= 15 is 0 Å². The van der Waals surface area contributed by atoms with Crippen LogP contribution in [0.1, 0.15) is 0 Å². The molecule has 0 saturated heterocycles. The Morgan fingerprint density at radius 3 is 3.20 bits per heavy atom. The predicted octanol–water partition coefficient (Wildman–Crippen LogP) is -0.296. The first-order valence-electron chi connectivity index (χ1n) is 2.97. The van der Waals surface area contributed by atoms with Crippen molar-refractivity contribution in [2.45, 2.75) is 0 Å². The number of hydrogen-bond acceptors (Lipinski definition) is 3. The predicted molar refractivity (Wildman–Crippen MR) is 36.3 cm³/mol. The normalized spacial score (nSPS) is 10.5. The van der Waals surface area contributed by atoms with Crippen molar-refractivity contribution in [2.75, 3.05) is 12.5 Å². The zero-order chi connectivity index (χ0) is 6.97. The van der Waals surface area contributed by atoms with Gasteiger partial charge in [-0.05, 0) is 0 Å². The van der Waals surface area contributed by atoms with Gasteiger partial charge in [-0.15, -0.1) is 9.73 Å². The summed E-state index contributed by atoms with van der Waals surface area (Å²) in [5.74, 6) is 0. The molecule has 5 heteroatoms. The smallest absolute Gasteiger partial charge is 0.176 e. The summed E-state index contributed by atoms with van der Waals surface area (Å²) >= 11 is 0. The number of fused-ring (bicyclic) bond motifs is 1. The van der Waals surface area contributed by atoms with E-state index in [-0.39, 0.29) is 0 Å². The zero-order valence-corrected chi connectivity index (χ0v) is 5.52. The van der Waals surface area contributed by atoms with Crippen LogP contribution in [-0.4, -0.2) is 26.6 Å². The lowest BCUT2D eigenvalue weighted by atomic mass is 10.7. The summed E-state index contributed by atoms with van der Waals surface area (Å²) in [4.78, 5) is 0. The fourth-order valence-electron chi connectivity index (χ4n) is 0.887. The molecule has 52 valence electrons. The monoisotopic (exact) mass is 137 g/mol. The second-order valence-corrected chi connectivity index (χ2v) is 1.90. The molecule has 1 N–H and O–H groups in total. The minimum absolute atomic E-state index is 0.933. The van der Waals surface area contributed by atoms with Crippen LogP contribution in [-0.2, 0) is 0 Å². The second-order valence-electron chi connectivity index (χ2n) is 1.90. The highest BCUT2D eigenvalue weighted by molar-refractivity contribution is 5.36. The van der Waals surface area contributed by atoms with Gasteiger partial charge in [-0.3, -0.25) is 0 Å². The maximum atomic E-state index is 3.96. The van der Waals surface area contributed by atoms with Crippen LogP contribution < -0.4 is 5.43 Å². The first-order valence-corrected chi connectivity index (χ1v) is 2.97. The first kappa shape index (κ1) is 5.28. The lowest BCUT2D eigenvalue weighted by Gasteiger charge is -1.95. The fourth-order valence-corrected chi connectivity index (χ4v) is 0.887. The lowest BCUT2D eigenvalue weighted by Crippen LogP contribution is -2.06. The Balaban J connectivity index is 2.76. The molecule has 0 spiro atoms. The van der Waals surface area contributed by atoms with E-state index in [1.807, 2.05) is 13.1 Å². The van der Waals surface area contributed by atoms with Crippen molar-refractivity contribution in [2.24, 2.45) is 0 Å². The number of aromatic nitrogens is 4. The quantitative estimate of drug-likeness (QED) is 0.587. The average Bonchev–Trinajstić information content (AvgIpc) is 2.44. The van der Waals surface area contributed by atoms with Gasteiger partial charge in [-0.1, -0.05) is 0 Å². The van der Waals surface area contributed by atoms with Gasteiger partial charge in [0.25, 0.3) is 0 Å². The van der Waals surface area contributed by atoms with Crippen LogP contribution in [0.2, 0.25) is 0 Å². The summed E-state index contributed by atoms with van der Waals surface area (Å²) < 4.78 is 3.34. The third-order valence-corrected chi connectivity index (χ3v) is 1.37. The summed E-state index contributed by atoms with van der Waals surface area (Å²) in [7, 11) is 1.83. The van der Waals surface area contributed by atoms with Gasteiger partial charge in [0.15, 0.2) is 5.65 Å². The highest BCUT2D eigenvalue weighted by Gasteiger charge is 1.97. The van der Waals surface area contributed by atoms with Crippen LogP contribution in [0.15, 0.2) is 18.6 Å². The molecule has 0 aliphatic heterocycles. The molecule has 2 aromatic heterocycles. The van der Waals surface area contributed by atoms with Gasteiger partial charge >= 0.3 is 0 Å². The first-order chi connectivity index (χ1) is 4.92. The van der Waals surface area contributed by atoms with Gasteiger partial charge in [-0.25, -0.2) is 4.68 Å². The van der Waals surface area contributed by atoms with Gasteiger partial charge in [0.05, 0.1) is 6.20 Å². The molecule has 2 rings (SSSR count). The Morgan fingerprint density at radius 1 is 1.50 bits per heavy atom. The van der Waals surface area contributed by atoms with Crippen molar-refractivity contribution in [1.29, 1.82) is 0 Å². The Bertz CT molecular complexity index is 332. The Morgan fingerprint density at radius 2 is 2.40 bits per heavy atom. The van der Waals surface area contributed by atoms with Gasteiger partial charge < -0.3 is 5.43 Å². The molecule has 0 aliphatic carbocycles. The van der Waals surface area contributed by atoms with Gasteiger partial charge in [0.1, 0.15) is 6.33 Å². The molecule has 0 atom stereocenters. The van der Waals surface area contributed by atoms with Crippen LogP contribution >= 0.6 is 0 Å². The number of nitrogens with zero attached hydrogens (tertiary/aromatic N) is 4. The van der Waals surface area contributed by atoms with Crippen LogP contribution in [0, 0.1) is 0 Å². The minimum atomic E-state index is 0.933. The van der Waals surface area contributed by atoms with Gasteiger partial charge in [0, 0.05) is 13.1 Å². The topological polar surface area (TPSA) is 47.2 Å². The Hall–Kier alpha value is -1.52. The number of rotatable bonds is 1. The van der Waals surface area contributed by atoms with Crippen molar-refractivity contribution in [1.82, 2.24) is 19.5 Å². The van der Waals surface area contributed by atoms with E-state index in [2.05, 4.69) is 15.6 Å². The number of hydrogen-bond donors (Lipinski definition) is 1. The van der Waals surface area contributed by atoms with E-state index in [1.54, 1.807) is 21.8 Å². The van der Waals surface area contributed by atoms with E-state index in [0.29, 0.717) is 0 Å². The summed E-state index contributed by atoms with van der Waals surface area (Å²) in [6.45, 7) is 0. The summed E-state index contributed by atoms with van der Waals surface area (Å²) in [6, 6.07) is 1.88. The van der Waals surface area contributed by atoms with E-state index in [0.717, 1.165) is 5.65 Å². The van der Waals surface area contributed by atoms with Crippen LogP contribution in [0.25, 0.3) is 5.65 Å². The molecule has 0 unspecified atom stereocenters. The highest BCUT2D eigenvalue weighted by Crippen LogP contribution is 1.96. The van der Waals surface area contributed by atoms with Crippen LogP contribution in [0.3, 0.4) is 0 Å². The molecule has 2 heterocycles. The molecule has 0 radical (unpaired) electrons. The van der Waals surface area contributed by atoms with Crippen molar-refractivity contribution in [3.05, 3.63) is 18.6 Å². The van der Waals surface area contributed by atoms with Crippen molar-refractivity contribution < 1.29 is 0 Å². The van der Waals surface area contributed by atoms with Gasteiger partial charge in [0.2, 0.25) is 0 Å². The van der Waals surface area contributed by atoms with Crippen molar-refractivity contribution >= 4 is 5.65 Å². The maximum absolute atomic E-state index is 3.96. The van der Waals surface area contributed by atoms with Crippen molar-refractivity contribution in [3.8, 4) is 0 Å². The molecule has 2 aromatic rings. The van der Waals surface area contributed by atoms with Crippen molar-refractivity contribution in [3.63, 3.8) is 0 Å². The second kappa shape index (κ2) is 1.73. The molecule has 0 fully saturated rings. The third-order valence-electron chi connectivity index (χ3n) is 1.37. The largest absolute Gasteiger partial charge is 0.326 e. The molecule has 0 saturated carbocycles. The molecule has 0 bridgehead atoms. The molecule has 0 amide bonds. The lowest BCUT2D eigenvalue weighted by molar-refractivity contribution is 0.821. The van der Waals surface area contributed by atoms with E-state index in [4.69, 9.17) is 0 Å². The maximum Gasteiger partial charge on any atom is 0.176 e. The summed E-state index contributed by atoms with van der Waals surface area (Å²) in [5, 5.41) is 7.89. The highest BCUT2D eigenvalue weighted by atomic mass is 15.5.